The van der Waals surface area contributed by atoms with Gasteiger partial charge in [0.15, 0.2) is 23.3 Å². The average molecular weight is 1380 g/mol. The zero-order valence-electron chi connectivity index (χ0n) is 51.1. The smallest absolute Gasteiger partial charge is 0.200 e. The van der Waals surface area contributed by atoms with E-state index < -0.39 is 34.6 Å². The van der Waals surface area contributed by atoms with Gasteiger partial charge in [-0.3, -0.25) is 0 Å². The number of pyridine rings is 1. The number of rotatable bonds is 11. The maximum atomic E-state index is 17.0. The van der Waals surface area contributed by atoms with E-state index in [-0.39, 0.29) is 48.6 Å². The maximum Gasteiger partial charge on any atom is 0.200 e. The molecule has 2 aromatic heterocycles. The van der Waals surface area contributed by atoms with Crippen molar-refractivity contribution < 1.29 is 47.8 Å². The largest absolute Gasteiger partial charge is 0.509 e. The number of halogens is 5. The summed E-state index contributed by atoms with van der Waals surface area (Å²) >= 11 is 0. The van der Waals surface area contributed by atoms with Gasteiger partial charge in [-0.1, -0.05) is 194 Å². The van der Waals surface area contributed by atoms with E-state index in [9.17, 15) is 0 Å². The summed E-state index contributed by atoms with van der Waals surface area (Å²) in [4.78, 5) is 10.7. The summed E-state index contributed by atoms with van der Waals surface area (Å²) in [5.41, 5.74) is 9.03. The van der Waals surface area contributed by atoms with Crippen LogP contribution in [0.1, 0.15) is 79.0 Å². The molecule has 90 heavy (non-hydrogen) atoms. The molecule has 0 saturated heterocycles. The van der Waals surface area contributed by atoms with Gasteiger partial charge >= 0.3 is 0 Å². The van der Waals surface area contributed by atoms with Gasteiger partial charge in [-0.2, -0.15) is 6.07 Å². The molecule has 0 saturated carbocycles. The third-order valence-corrected chi connectivity index (χ3v) is 16.5. The fourth-order valence-electron chi connectivity index (χ4n) is 11.8. The number of hydrogen-bond donors (Lipinski definition) is 0. The molecule has 1 aliphatic heterocycles. The second-order valence-electron chi connectivity index (χ2n) is 25.7. The van der Waals surface area contributed by atoms with Crippen molar-refractivity contribution >= 4 is 61.6 Å². The van der Waals surface area contributed by atoms with Crippen LogP contribution in [0, 0.1) is 47.9 Å². The number of nitrogens with zero attached hydrogens (tertiary/aromatic N) is 5. The Morgan fingerprint density at radius 3 is 1.60 bits per heavy atom. The Hall–Kier alpha value is -9.31. The minimum atomic E-state index is -2.25. The van der Waals surface area contributed by atoms with Crippen LogP contribution >= 0.6 is 0 Å². The molecular weight excluding hydrogens is 1310 g/mol. The SMILES string of the molecule is CC(C)(C)c1cc(-c2cc(-c3ccccc3)cc(-c3c(F)c(F)c(F)c(F)c3F)c2N2[CH-]N(c3[c-]c(Oc4[c-]c5c(cc4)c4ccccc4n5-c4cc(C(C)(C)C)ccn4)cc(N(c4ccccc4)c4ccccc4)c3)c3ccccc32)cc(C(C)(C)C)c1.[Pt]. The molecule has 1 aliphatic rings. The molecule has 0 bridgehead atoms. The van der Waals surface area contributed by atoms with Crippen molar-refractivity contribution in [2.24, 2.45) is 0 Å². The maximum absolute atomic E-state index is 17.0. The Labute approximate surface area is 536 Å². The zero-order chi connectivity index (χ0) is 62.3. The number of anilines is 7. The third-order valence-electron chi connectivity index (χ3n) is 16.5. The summed E-state index contributed by atoms with van der Waals surface area (Å²) in [6.07, 6.45) is 1.84. The molecule has 13 rings (SSSR count). The summed E-state index contributed by atoms with van der Waals surface area (Å²) in [5, 5.41) is 1.98. The molecule has 0 aliphatic carbocycles. The minimum absolute atomic E-state index is 0. The summed E-state index contributed by atoms with van der Waals surface area (Å²) in [6, 6.07) is 73.8. The van der Waals surface area contributed by atoms with Gasteiger partial charge in [-0.25, -0.2) is 26.9 Å². The van der Waals surface area contributed by atoms with Crippen molar-refractivity contribution in [2.45, 2.75) is 78.6 Å². The van der Waals surface area contributed by atoms with Gasteiger partial charge < -0.3 is 24.0 Å². The molecular formula is C78H63F5N5OPt-3. The van der Waals surface area contributed by atoms with E-state index in [2.05, 4.69) is 120 Å². The standard InChI is InChI=1S/C78H63F5N5O.Pt/c1-76(2,3)51-35-36-84-68(42-51)88-64-30-20-19-29-60(64)61-34-33-58(46-67(61)88)89-59-44-56(43-57(45-59)87(54-25-15-11-16-26-54)55-27-17-12-18-28-55)85-47-86(66-32-22-21-31-65(66)85)75-62(50-37-52(77(4,5)6)41-53(38-50)78(7,8)9)39-49(48-23-13-10-14-24-48)40-63(75)69-70(79)72(81)74(83)73(82)71(69)80;/h10-43,45,47H,1-9H3;/q-3;. The van der Waals surface area contributed by atoms with Gasteiger partial charge in [0.1, 0.15) is 5.82 Å². The van der Waals surface area contributed by atoms with Gasteiger partial charge in [-0.15, -0.1) is 42.4 Å². The predicted molar refractivity (Wildman–Crippen MR) is 351 cm³/mol. The molecule has 0 radical (unpaired) electrons. The quantitative estimate of drug-likeness (QED) is 0.0558. The fourth-order valence-corrected chi connectivity index (χ4v) is 11.8. The van der Waals surface area contributed by atoms with Crippen LogP contribution < -0.4 is 19.4 Å². The number of hydrogen-bond acceptors (Lipinski definition) is 5. The topological polar surface area (TPSA) is 36.8 Å². The van der Waals surface area contributed by atoms with Crippen LogP contribution in [0.3, 0.4) is 0 Å². The van der Waals surface area contributed by atoms with Crippen LogP contribution in [0.4, 0.5) is 61.8 Å². The average Bonchev–Trinajstić information content (AvgIpc) is 1.56. The molecule has 12 aromatic rings. The van der Waals surface area contributed by atoms with Crippen LogP contribution in [0.2, 0.25) is 0 Å². The van der Waals surface area contributed by atoms with Crippen LogP contribution in [0.15, 0.2) is 212 Å². The van der Waals surface area contributed by atoms with E-state index in [4.69, 9.17) is 9.72 Å². The molecule has 0 amide bonds. The van der Waals surface area contributed by atoms with Crippen LogP contribution in [0.25, 0.3) is 61.0 Å². The molecule has 12 heteroatoms. The Kier molecular flexibility index (Phi) is 16.0. The Morgan fingerprint density at radius 1 is 0.444 bits per heavy atom. The molecule has 0 unspecified atom stereocenters. The molecule has 0 fully saturated rings. The number of fused-ring (bicyclic) bond motifs is 4. The Morgan fingerprint density at radius 2 is 0.989 bits per heavy atom. The van der Waals surface area contributed by atoms with E-state index in [0.717, 1.165) is 55.7 Å². The van der Waals surface area contributed by atoms with Gasteiger partial charge in [0, 0.05) is 83.8 Å². The van der Waals surface area contributed by atoms with Gasteiger partial charge in [0.05, 0.1) is 5.56 Å². The molecule has 3 heterocycles. The predicted octanol–water partition coefficient (Wildman–Crippen LogP) is 22.0. The number of para-hydroxylation sites is 5. The Bertz CT molecular complexity index is 4600. The van der Waals surface area contributed by atoms with Gasteiger partial charge in [0.25, 0.3) is 0 Å². The Balaban J connectivity index is 0.00000785. The van der Waals surface area contributed by atoms with Crippen molar-refractivity contribution in [3.63, 3.8) is 0 Å². The van der Waals surface area contributed by atoms with E-state index >= 15 is 22.0 Å². The third kappa shape index (κ3) is 11.2. The summed E-state index contributed by atoms with van der Waals surface area (Å²) in [7, 11) is 0. The molecule has 6 nitrogen and oxygen atoms in total. The second kappa shape index (κ2) is 23.6. The molecule has 0 N–H and O–H groups in total. The van der Waals surface area contributed by atoms with Crippen molar-refractivity contribution in [1.29, 1.82) is 0 Å². The normalized spacial score (nSPS) is 12.6. The van der Waals surface area contributed by atoms with E-state index in [1.165, 1.54) is 6.07 Å². The van der Waals surface area contributed by atoms with E-state index in [0.29, 0.717) is 56.5 Å². The first kappa shape index (κ1) is 60.9. The van der Waals surface area contributed by atoms with E-state index in [1.807, 2.05) is 175 Å². The fraction of sp³-hybridized carbons (Fsp3) is 0.154. The first-order chi connectivity index (χ1) is 42.6. The van der Waals surface area contributed by atoms with Crippen LogP contribution in [-0.2, 0) is 37.3 Å². The number of aromatic nitrogens is 2. The van der Waals surface area contributed by atoms with Crippen molar-refractivity contribution in [3.05, 3.63) is 277 Å². The van der Waals surface area contributed by atoms with Gasteiger partial charge in [-0.05, 0) is 122 Å². The molecule has 10 aromatic carbocycles. The zero-order valence-corrected chi connectivity index (χ0v) is 53.4. The molecule has 0 spiro atoms. The monoisotopic (exact) mass is 1380 g/mol. The summed E-state index contributed by atoms with van der Waals surface area (Å²) in [6.45, 7) is 21.0. The van der Waals surface area contributed by atoms with Crippen molar-refractivity contribution in [3.8, 4) is 50.7 Å². The van der Waals surface area contributed by atoms with Crippen LogP contribution in [-0.4, -0.2) is 9.55 Å². The molecule has 454 valence electrons. The van der Waals surface area contributed by atoms with Crippen molar-refractivity contribution in [2.75, 3.05) is 14.7 Å². The minimum Gasteiger partial charge on any atom is -0.509 e. The number of benzene rings is 10. The first-order valence-corrected chi connectivity index (χ1v) is 29.6. The van der Waals surface area contributed by atoms with Gasteiger partial charge in [0.2, 0.25) is 5.82 Å². The number of ether oxygens (including phenoxy) is 1. The second-order valence-corrected chi connectivity index (χ2v) is 25.7. The molecule has 0 atom stereocenters. The van der Waals surface area contributed by atoms with Crippen molar-refractivity contribution in [1.82, 2.24) is 9.55 Å². The first-order valence-electron chi connectivity index (χ1n) is 29.6. The van der Waals surface area contributed by atoms with Crippen LogP contribution in [0.5, 0.6) is 11.5 Å². The summed E-state index contributed by atoms with van der Waals surface area (Å²) < 4.78 is 90.4. The summed E-state index contributed by atoms with van der Waals surface area (Å²) in [5.74, 6) is -8.84. The van der Waals surface area contributed by atoms with E-state index in [1.54, 1.807) is 11.6 Å².